The molecule has 278 valence electrons. The lowest BCUT2D eigenvalue weighted by molar-refractivity contribution is -0.231. The van der Waals surface area contributed by atoms with Crippen LogP contribution < -0.4 is 0 Å². The zero-order valence-corrected chi connectivity index (χ0v) is 30.5. The van der Waals surface area contributed by atoms with E-state index >= 15 is 0 Å². The topological polar surface area (TPSA) is 129 Å². The molecule has 3 aliphatic rings. The van der Waals surface area contributed by atoms with Crippen LogP contribution in [0.5, 0.6) is 0 Å². The minimum Gasteiger partial charge on any atom is -0.459 e. The van der Waals surface area contributed by atoms with Gasteiger partial charge in [0.05, 0.1) is 35.2 Å². The Bertz CT molecular complexity index is 2020. The molecule has 11 heteroatoms. The van der Waals surface area contributed by atoms with Crippen LogP contribution in [0, 0.1) is 16.7 Å². The summed E-state index contributed by atoms with van der Waals surface area (Å²) in [6.07, 6.45) is -5.29. The van der Waals surface area contributed by atoms with Gasteiger partial charge in [-0.25, -0.2) is 19.2 Å². The van der Waals surface area contributed by atoms with Gasteiger partial charge in [0.25, 0.3) is 0 Å². The molecule has 0 radical (unpaired) electrons. The lowest BCUT2D eigenvalue weighted by Gasteiger charge is -2.69. The van der Waals surface area contributed by atoms with Crippen molar-refractivity contribution in [3.63, 3.8) is 0 Å². The Hall–Kier alpha value is -5.81. The molecular formula is C43H42N2O9. The normalized spacial score (nSPS) is 25.3. The minimum atomic E-state index is -1.40. The van der Waals surface area contributed by atoms with Crippen LogP contribution >= 0.6 is 0 Å². The highest BCUT2D eigenvalue weighted by atomic mass is 16.7. The number of nitrogens with zero attached hydrogens (tertiary/aromatic N) is 2. The molecule has 0 N–H and O–H groups in total. The summed E-state index contributed by atoms with van der Waals surface area (Å²) in [6, 6.07) is 32.8. The van der Waals surface area contributed by atoms with E-state index in [9.17, 15) is 24.0 Å². The molecule has 1 saturated carbocycles. The highest BCUT2D eigenvalue weighted by molar-refractivity contribution is 6.00. The Morgan fingerprint density at radius 2 is 1.09 bits per heavy atom. The molecule has 0 spiro atoms. The molecule has 0 bridgehead atoms. The number of fused-ring (bicyclic) bond motifs is 1. The molecule has 0 aromatic heterocycles. The van der Waals surface area contributed by atoms with Crippen molar-refractivity contribution in [3.8, 4) is 0 Å². The van der Waals surface area contributed by atoms with E-state index < -0.39 is 77.9 Å². The lowest BCUT2D eigenvalue weighted by atomic mass is 9.42. The summed E-state index contributed by atoms with van der Waals surface area (Å²) >= 11 is 0. The molecule has 4 aromatic rings. The second-order valence-electron chi connectivity index (χ2n) is 15.0. The zero-order valence-electron chi connectivity index (χ0n) is 30.5. The fourth-order valence-electron chi connectivity index (χ4n) is 7.83. The first-order chi connectivity index (χ1) is 25.9. The van der Waals surface area contributed by atoms with Crippen LogP contribution in [-0.4, -0.2) is 76.8 Å². The second kappa shape index (κ2) is 14.5. The molecule has 54 heavy (non-hydrogen) atoms. The van der Waals surface area contributed by atoms with Crippen molar-refractivity contribution < 1.29 is 42.9 Å². The third kappa shape index (κ3) is 6.53. The van der Waals surface area contributed by atoms with E-state index in [1.165, 1.54) is 9.80 Å². The maximum absolute atomic E-state index is 14.8. The molecule has 2 heterocycles. The molecule has 3 amide bonds. The Morgan fingerprint density at radius 1 is 0.630 bits per heavy atom. The molecule has 7 rings (SSSR count). The van der Waals surface area contributed by atoms with Crippen molar-refractivity contribution in [1.29, 1.82) is 0 Å². The van der Waals surface area contributed by atoms with Gasteiger partial charge in [0.2, 0.25) is 5.91 Å². The molecule has 1 aliphatic carbocycles. The van der Waals surface area contributed by atoms with Gasteiger partial charge in [-0.1, -0.05) is 113 Å². The predicted octanol–water partition coefficient (Wildman–Crippen LogP) is 6.53. The number of imide groups is 1. The van der Waals surface area contributed by atoms with E-state index in [-0.39, 0.29) is 23.6 Å². The maximum Gasteiger partial charge on any atom is 0.338 e. The van der Waals surface area contributed by atoms with Crippen molar-refractivity contribution in [2.24, 2.45) is 16.7 Å². The predicted molar refractivity (Wildman–Crippen MR) is 196 cm³/mol. The van der Waals surface area contributed by atoms with Crippen molar-refractivity contribution in [2.45, 2.75) is 64.8 Å². The number of carbonyl (C=O) groups excluding carboxylic acids is 5. The summed E-state index contributed by atoms with van der Waals surface area (Å²) in [5.41, 5.74) is 0.310. The van der Waals surface area contributed by atoms with Gasteiger partial charge in [-0.2, -0.15) is 0 Å². The molecule has 2 aliphatic heterocycles. The summed E-state index contributed by atoms with van der Waals surface area (Å²) in [6.45, 7) is 7.56. The van der Waals surface area contributed by atoms with Gasteiger partial charge in [0.1, 0.15) is 12.7 Å². The minimum absolute atomic E-state index is 0.000460. The average Bonchev–Trinajstić information content (AvgIpc) is 3.51. The van der Waals surface area contributed by atoms with Crippen molar-refractivity contribution in [2.75, 3.05) is 6.61 Å². The third-order valence-electron chi connectivity index (χ3n) is 11.4. The Kier molecular flexibility index (Phi) is 9.85. The van der Waals surface area contributed by atoms with Crippen LogP contribution in [-0.2, 0) is 30.3 Å². The number of hydrogen-bond donors (Lipinski definition) is 0. The Morgan fingerprint density at radius 3 is 1.61 bits per heavy atom. The van der Waals surface area contributed by atoms with Crippen molar-refractivity contribution in [1.82, 2.24) is 9.80 Å². The van der Waals surface area contributed by atoms with Gasteiger partial charge in [-0.3, -0.25) is 14.6 Å². The highest BCUT2D eigenvalue weighted by Gasteiger charge is 2.73. The third-order valence-corrected chi connectivity index (χ3v) is 11.4. The highest BCUT2D eigenvalue weighted by Crippen LogP contribution is 2.64. The quantitative estimate of drug-likeness (QED) is 0.132. The van der Waals surface area contributed by atoms with Gasteiger partial charge in [-0.15, -0.1) is 0 Å². The SMILES string of the molecule is CC1(C)[C@@H]2C(=O)N(Cc3ccccc3)C(=O)N([C@@H]3O[C@H](COC(=O)c4ccccc4)[C@@H](OC(=O)c4ccccc4)[C@H]3OC(=O)c3ccccc3)[C@@H]2C1(C)C. The molecule has 6 atom stereocenters. The van der Waals surface area contributed by atoms with Crippen LogP contribution in [0.25, 0.3) is 0 Å². The molecule has 3 fully saturated rings. The summed E-state index contributed by atoms with van der Waals surface area (Å²) < 4.78 is 24.7. The fraction of sp³-hybridized carbons (Fsp3) is 0.326. The van der Waals surface area contributed by atoms with Crippen LogP contribution in [0.4, 0.5) is 4.79 Å². The van der Waals surface area contributed by atoms with Crippen molar-refractivity contribution in [3.05, 3.63) is 144 Å². The largest absolute Gasteiger partial charge is 0.459 e. The number of rotatable bonds is 10. The van der Waals surface area contributed by atoms with Gasteiger partial charge in [0, 0.05) is 0 Å². The zero-order chi connectivity index (χ0) is 38.2. The monoisotopic (exact) mass is 730 g/mol. The first-order valence-corrected chi connectivity index (χ1v) is 18.0. The van der Waals surface area contributed by atoms with E-state index in [1.54, 1.807) is 91.0 Å². The first kappa shape index (κ1) is 36.5. The molecule has 0 unspecified atom stereocenters. The lowest BCUT2D eigenvalue weighted by Crippen LogP contribution is -2.80. The maximum atomic E-state index is 14.8. The van der Waals surface area contributed by atoms with Crippen LogP contribution in [0.1, 0.15) is 64.3 Å². The summed E-state index contributed by atoms with van der Waals surface area (Å²) in [7, 11) is 0. The smallest absolute Gasteiger partial charge is 0.338 e. The molecule has 2 saturated heterocycles. The van der Waals surface area contributed by atoms with Crippen LogP contribution in [0.3, 0.4) is 0 Å². The fourth-order valence-corrected chi connectivity index (χ4v) is 7.83. The molecular weight excluding hydrogens is 688 g/mol. The van der Waals surface area contributed by atoms with Crippen LogP contribution in [0.15, 0.2) is 121 Å². The number of esters is 3. The number of benzene rings is 4. The van der Waals surface area contributed by atoms with E-state index in [0.29, 0.717) is 5.56 Å². The van der Waals surface area contributed by atoms with Gasteiger partial charge >= 0.3 is 23.9 Å². The van der Waals surface area contributed by atoms with Crippen molar-refractivity contribution >= 4 is 29.8 Å². The Balaban J connectivity index is 1.31. The number of amides is 3. The second-order valence-corrected chi connectivity index (χ2v) is 15.0. The van der Waals surface area contributed by atoms with Gasteiger partial charge in [-0.05, 0) is 52.8 Å². The van der Waals surface area contributed by atoms with E-state index in [0.717, 1.165) is 5.56 Å². The number of ether oxygens (including phenoxy) is 4. The van der Waals surface area contributed by atoms with E-state index in [1.807, 2.05) is 58.0 Å². The standard InChI is InChI=1S/C43H42N2O9/c1-42(2)32-35(43(42,3)4)45(41(50)44(36(32)46)25-27-17-9-5-10-18-27)37-34(54-40(49)30-23-15-8-16-24-30)33(53-39(48)29-21-13-7-14-22-29)31(52-37)26-51-38(47)28-19-11-6-12-20-28/h5-24,31-35,37H,25-26H2,1-4H3/t31-,32+,33-,34-,35+,37-/m1/s1. The Labute approximate surface area is 313 Å². The number of hydrogen-bond acceptors (Lipinski definition) is 9. The number of urea groups is 1. The molecule has 4 aromatic carbocycles. The van der Waals surface area contributed by atoms with E-state index in [4.69, 9.17) is 18.9 Å². The molecule has 11 nitrogen and oxygen atoms in total. The van der Waals surface area contributed by atoms with E-state index in [2.05, 4.69) is 0 Å². The van der Waals surface area contributed by atoms with Gasteiger partial charge < -0.3 is 18.9 Å². The van der Waals surface area contributed by atoms with Gasteiger partial charge in [0.15, 0.2) is 18.4 Å². The summed E-state index contributed by atoms with van der Waals surface area (Å²) in [5, 5.41) is 0. The number of carbonyl (C=O) groups is 5. The average molecular weight is 731 g/mol. The summed E-state index contributed by atoms with van der Waals surface area (Å²) in [5.74, 6) is -3.08. The summed E-state index contributed by atoms with van der Waals surface area (Å²) in [4.78, 5) is 72.5. The first-order valence-electron chi connectivity index (χ1n) is 18.0. The van der Waals surface area contributed by atoms with Crippen LogP contribution in [0.2, 0.25) is 0 Å².